The normalized spacial score (nSPS) is 15.1. The van der Waals surface area contributed by atoms with Gasteiger partial charge in [-0.2, -0.15) is 0 Å². The van der Waals surface area contributed by atoms with Crippen LogP contribution in [0.25, 0.3) is 0 Å². The molecule has 2 unspecified atom stereocenters. The Morgan fingerprint density at radius 1 is 0.947 bits per heavy atom. The van der Waals surface area contributed by atoms with E-state index in [1.165, 1.54) is 18.1 Å². The van der Waals surface area contributed by atoms with Crippen molar-refractivity contribution in [3.8, 4) is 0 Å². The molecule has 0 rings (SSSR count). The Bertz CT molecular complexity index is 244. The van der Waals surface area contributed by atoms with Crippen LogP contribution in [-0.4, -0.2) is 26.1 Å². The molecule has 0 N–H and O–H groups in total. The van der Waals surface area contributed by atoms with Crippen molar-refractivity contribution >= 4 is 14.0 Å². The van der Waals surface area contributed by atoms with Crippen molar-refractivity contribution in [3.63, 3.8) is 0 Å². The largest absolute Gasteiger partial charge is 0.436 e. The standard InChI is InChI=1S/C15H32O3Si/c1-7-13(16)17-14(8-2)18-15(9-3)19(10-4,11-5)12-6/h14-15H,7-12H2,1-6H3. The molecule has 0 aromatic heterocycles. The maximum atomic E-state index is 11.4. The predicted octanol–water partition coefficient (Wildman–Crippen LogP) is 4.52. The van der Waals surface area contributed by atoms with Crippen LogP contribution in [0.3, 0.4) is 0 Å². The number of ether oxygens (including phenoxy) is 2. The Morgan fingerprint density at radius 3 is 1.79 bits per heavy atom. The summed E-state index contributed by atoms with van der Waals surface area (Å²) < 4.78 is 11.5. The van der Waals surface area contributed by atoms with Crippen LogP contribution >= 0.6 is 0 Å². The Labute approximate surface area is 120 Å². The zero-order valence-electron chi connectivity index (χ0n) is 13.6. The fraction of sp³-hybridized carbons (Fsp3) is 0.933. The minimum atomic E-state index is -1.40. The topological polar surface area (TPSA) is 35.5 Å². The Morgan fingerprint density at radius 2 is 1.47 bits per heavy atom. The summed E-state index contributed by atoms with van der Waals surface area (Å²) in [7, 11) is -1.40. The molecule has 4 heteroatoms. The lowest BCUT2D eigenvalue weighted by molar-refractivity contribution is -0.183. The first-order valence-electron chi connectivity index (χ1n) is 7.88. The number of carbonyl (C=O) groups excluding carboxylic acids is 1. The Hall–Kier alpha value is -0.353. The highest BCUT2D eigenvalue weighted by Crippen LogP contribution is 2.29. The summed E-state index contributed by atoms with van der Waals surface area (Å²) in [6, 6.07) is 3.70. The molecule has 0 aromatic rings. The second-order valence-electron chi connectivity index (χ2n) is 5.14. The highest BCUT2D eigenvalue weighted by atomic mass is 28.3. The summed E-state index contributed by atoms with van der Waals surface area (Å²) >= 11 is 0. The van der Waals surface area contributed by atoms with Crippen molar-refractivity contribution in [2.75, 3.05) is 0 Å². The molecule has 0 amide bonds. The van der Waals surface area contributed by atoms with E-state index in [4.69, 9.17) is 9.47 Å². The Balaban J connectivity index is 4.79. The van der Waals surface area contributed by atoms with Crippen LogP contribution in [-0.2, 0) is 14.3 Å². The van der Waals surface area contributed by atoms with Gasteiger partial charge in [0, 0.05) is 12.8 Å². The van der Waals surface area contributed by atoms with Crippen molar-refractivity contribution in [1.29, 1.82) is 0 Å². The van der Waals surface area contributed by atoms with E-state index >= 15 is 0 Å². The van der Waals surface area contributed by atoms with Crippen LogP contribution in [0.4, 0.5) is 0 Å². The third-order valence-corrected chi connectivity index (χ3v) is 10.5. The number of carbonyl (C=O) groups is 1. The minimum Gasteiger partial charge on any atom is -0.436 e. The highest BCUT2D eigenvalue weighted by molar-refractivity contribution is 6.80. The summed E-state index contributed by atoms with van der Waals surface area (Å²) in [5.41, 5.74) is 0.294. The molecule has 0 aliphatic carbocycles. The molecule has 2 atom stereocenters. The maximum Gasteiger partial charge on any atom is 0.307 e. The molecule has 0 radical (unpaired) electrons. The quantitative estimate of drug-likeness (QED) is 0.337. The monoisotopic (exact) mass is 288 g/mol. The molecule has 0 saturated heterocycles. The average Bonchev–Trinajstić information content (AvgIpc) is 2.46. The van der Waals surface area contributed by atoms with Gasteiger partial charge in [0.05, 0.1) is 13.8 Å². The van der Waals surface area contributed by atoms with Crippen molar-refractivity contribution < 1.29 is 14.3 Å². The number of hydrogen-bond acceptors (Lipinski definition) is 3. The first kappa shape index (κ1) is 18.6. The van der Waals surface area contributed by atoms with Gasteiger partial charge in [0.25, 0.3) is 0 Å². The maximum absolute atomic E-state index is 11.4. The molecule has 0 heterocycles. The molecule has 0 fully saturated rings. The van der Waals surface area contributed by atoms with E-state index in [1.807, 2.05) is 13.8 Å². The molecule has 0 aliphatic rings. The van der Waals surface area contributed by atoms with E-state index in [9.17, 15) is 4.79 Å². The fourth-order valence-electron chi connectivity index (χ4n) is 2.73. The van der Waals surface area contributed by atoms with Gasteiger partial charge in [-0.3, -0.25) is 4.79 Å². The third-order valence-electron chi connectivity index (χ3n) is 4.37. The summed E-state index contributed by atoms with van der Waals surface area (Å²) in [6.45, 7) is 12.9. The molecule has 19 heavy (non-hydrogen) atoms. The first-order chi connectivity index (χ1) is 9.03. The molecule has 114 valence electrons. The summed E-state index contributed by atoms with van der Waals surface area (Å²) in [4.78, 5) is 11.4. The van der Waals surface area contributed by atoms with E-state index in [0.717, 1.165) is 12.8 Å². The molecular weight excluding hydrogens is 256 g/mol. The number of hydrogen-bond donors (Lipinski definition) is 0. The summed E-state index contributed by atoms with van der Waals surface area (Å²) in [5.74, 6) is -0.168. The number of esters is 1. The minimum absolute atomic E-state index is 0.168. The van der Waals surface area contributed by atoms with Gasteiger partial charge in [-0.1, -0.05) is 59.7 Å². The second-order valence-corrected chi connectivity index (χ2v) is 10.6. The van der Waals surface area contributed by atoms with Crippen molar-refractivity contribution in [1.82, 2.24) is 0 Å². The van der Waals surface area contributed by atoms with Crippen LogP contribution in [0, 0.1) is 0 Å². The van der Waals surface area contributed by atoms with E-state index in [2.05, 4.69) is 27.7 Å². The SMILES string of the molecule is CCC(=O)OC(CC)OC(CC)[Si](CC)(CC)CC. The lowest BCUT2D eigenvalue weighted by Gasteiger charge is -2.38. The lowest BCUT2D eigenvalue weighted by atomic mass is 10.4. The van der Waals surface area contributed by atoms with Gasteiger partial charge < -0.3 is 9.47 Å². The van der Waals surface area contributed by atoms with Crippen molar-refractivity contribution in [2.45, 2.75) is 91.0 Å². The molecule has 0 aliphatic heterocycles. The smallest absolute Gasteiger partial charge is 0.307 e. The van der Waals surface area contributed by atoms with E-state index in [1.54, 1.807) is 0 Å². The molecule has 3 nitrogen and oxygen atoms in total. The third kappa shape index (κ3) is 5.26. The van der Waals surface area contributed by atoms with E-state index in [-0.39, 0.29) is 12.3 Å². The molecule has 0 saturated carbocycles. The number of rotatable bonds is 10. The Kier molecular flexibility index (Phi) is 9.36. The second kappa shape index (κ2) is 9.53. The van der Waals surface area contributed by atoms with Crippen LogP contribution in [0.5, 0.6) is 0 Å². The first-order valence-corrected chi connectivity index (χ1v) is 10.6. The van der Waals surface area contributed by atoms with Gasteiger partial charge in [-0.15, -0.1) is 0 Å². The predicted molar refractivity (Wildman–Crippen MR) is 82.8 cm³/mol. The van der Waals surface area contributed by atoms with Gasteiger partial charge in [-0.25, -0.2) is 0 Å². The van der Waals surface area contributed by atoms with Crippen LogP contribution in [0.2, 0.25) is 18.1 Å². The van der Waals surface area contributed by atoms with Gasteiger partial charge in [-0.05, 0) is 6.42 Å². The van der Waals surface area contributed by atoms with E-state index in [0.29, 0.717) is 12.1 Å². The van der Waals surface area contributed by atoms with Gasteiger partial charge >= 0.3 is 5.97 Å². The zero-order chi connectivity index (χ0) is 14.9. The van der Waals surface area contributed by atoms with Gasteiger partial charge in [0.2, 0.25) is 6.29 Å². The van der Waals surface area contributed by atoms with Crippen LogP contribution in [0.1, 0.15) is 60.8 Å². The summed E-state index contributed by atoms with van der Waals surface area (Å²) in [6.07, 6.45) is 1.79. The summed E-state index contributed by atoms with van der Waals surface area (Å²) in [5, 5.41) is 0. The van der Waals surface area contributed by atoms with Crippen molar-refractivity contribution in [2.24, 2.45) is 0 Å². The molecule has 0 bridgehead atoms. The molecule has 0 aromatic carbocycles. The van der Waals surface area contributed by atoms with Gasteiger partial charge in [0.1, 0.15) is 0 Å². The lowest BCUT2D eigenvalue weighted by Crippen LogP contribution is -2.49. The van der Waals surface area contributed by atoms with Crippen LogP contribution < -0.4 is 0 Å². The molecule has 0 spiro atoms. The van der Waals surface area contributed by atoms with Crippen molar-refractivity contribution in [3.05, 3.63) is 0 Å². The fourth-order valence-corrected chi connectivity index (χ4v) is 6.90. The van der Waals surface area contributed by atoms with E-state index < -0.39 is 8.07 Å². The van der Waals surface area contributed by atoms with Gasteiger partial charge in [0.15, 0.2) is 0 Å². The zero-order valence-corrected chi connectivity index (χ0v) is 14.6. The molecular formula is C15H32O3Si. The van der Waals surface area contributed by atoms with Crippen LogP contribution in [0.15, 0.2) is 0 Å². The average molecular weight is 289 g/mol. The highest BCUT2D eigenvalue weighted by Gasteiger charge is 2.37.